The minimum Gasteiger partial charge on any atom is -0.388 e. The summed E-state index contributed by atoms with van der Waals surface area (Å²) in [6.07, 6.45) is -3.22. The highest BCUT2D eigenvalue weighted by molar-refractivity contribution is 5.16. The number of fused-ring (bicyclic) bond motifs is 1. The van der Waals surface area contributed by atoms with E-state index < -0.39 is 24.6 Å². The maximum absolute atomic E-state index is 9.93. The second kappa shape index (κ2) is 4.95. The summed E-state index contributed by atoms with van der Waals surface area (Å²) in [5.41, 5.74) is 0.892. The van der Waals surface area contributed by atoms with Crippen molar-refractivity contribution in [1.82, 2.24) is 0 Å². The van der Waals surface area contributed by atoms with Crippen molar-refractivity contribution < 1.29 is 24.4 Å². The minimum absolute atomic E-state index is 0.116. The van der Waals surface area contributed by atoms with E-state index in [1.165, 1.54) is 0 Å². The molecule has 5 atom stereocenters. The monoisotopic (exact) mass is 252 g/mol. The van der Waals surface area contributed by atoms with Gasteiger partial charge in [0.15, 0.2) is 6.29 Å². The SMILES string of the molecule is O[C@@H]1[C@@H]2O[C@@H](c3ccccc3)OC[C@H]2OC[C@H]1O. The number of benzene rings is 1. The average molecular weight is 252 g/mol. The predicted octanol–water partition coefficient (Wildman–Crippen LogP) is 0.221. The van der Waals surface area contributed by atoms with Gasteiger partial charge in [-0.2, -0.15) is 0 Å². The molecule has 5 heteroatoms. The van der Waals surface area contributed by atoms with Crippen molar-refractivity contribution in [3.8, 4) is 0 Å². The van der Waals surface area contributed by atoms with Crippen LogP contribution in [0.3, 0.4) is 0 Å². The van der Waals surface area contributed by atoms with E-state index >= 15 is 0 Å². The zero-order valence-corrected chi connectivity index (χ0v) is 9.81. The maximum atomic E-state index is 9.93. The Balaban J connectivity index is 1.75. The fourth-order valence-corrected chi connectivity index (χ4v) is 2.31. The third kappa shape index (κ3) is 2.15. The van der Waals surface area contributed by atoms with Gasteiger partial charge in [0.2, 0.25) is 0 Å². The van der Waals surface area contributed by atoms with Crippen molar-refractivity contribution in [2.45, 2.75) is 30.7 Å². The largest absolute Gasteiger partial charge is 0.388 e. The molecule has 5 nitrogen and oxygen atoms in total. The number of aliphatic hydroxyl groups is 2. The third-order valence-electron chi connectivity index (χ3n) is 3.34. The van der Waals surface area contributed by atoms with Gasteiger partial charge in [0.25, 0.3) is 0 Å². The molecule has 2 N–H and O–H groups in total. The Bertz CT molecular complexity index is 394. The summed E-state index contributed by atoms with van der Waals surface area (Å²) >= 11 is 0. The highest BCUT2D eigenvalue weighted by Crippen LogP contribution is 2.31. The highest BCUT2D eigenvalue weighted by Gasteiger charge is 2.44. The summed E-state index contributed by atoms with van der Waals surface area (Å²) in [6.45, 7) is 0.471. The average Bonchev–Trinajstić information content (AvgIpc) is 2.44. The van der Waals surface area contributed by atoms with Crippen molar-refractivity contribution in [2.75, 3.05) is 13.2 Å². The molecule has 2 aliphatic heterocycles. The van der Waals surface area contributed by atoms with Gasteiger partial charge in [-0.05, 0) is 0 Å². The normalized spacial score (nSPS) is 40.2. The number of hydrogen-bond acceptors (Lipinski definition) is 5. The van der Waals surface area contributed by atoms with Gasteiger partial charge in [-0.15, -0.1) is 0 Å². The highest BCUT2D eigenvalue weighted by atomic mass is 16.7. The van der Waals surface area contributed by atoms with Gasteiger partial charge in [-0.25, -0.2) is 0 Å². The summed E-state index contributed by atoms with van der Waals surface area (Å²) < 4.78 is 16.7. The van der Waals surface area contributed by atoms with E-state index in [-0.39, 0.29) is 12.7 Å². The van der Waals surface area contributed by atoms with Crippen molar-refractivity contribution >= 4 is 0 Å². The Morgan fingerprint density at radius 2 is 1.78 bits per heavy atom. The molecule has 0 saturated carbocycles. The van der Waals surface area contributed by atoms with Crippen molar-refractivity contribution in [3.63, 3.8) is 0 Å². The topological polar surface area (TPSA) is 68.2 Å². The first-order valence-corrected chi connectivity index (χ1v) is 6.05. The van der Waals surface area contributed by atoms with Crippen molar-refractivity contribution in [2.24, 2.45) is 0 Å². The molecule has 2 fully saturated rings. The smallest absolute Gasteiger partial charge is 0.184 e. The van der Waals surface area contributed by atoms with Crippen LogP contribution in [0.1, 0.15) is 11.9 Å². The van der Waals surface area contributed by atoms with E-state index in [9.17, 15) is 10.2 Å². The van der Waals surface area contributed by atoms with Crippen LogP contribution in [-0.4, -0.2) is 47.8 Å². The molecule has 2 saturated heterocycles. The third-order valence-corrected chi connectivity index (χ3v) is 3.34. The number of rotatable bonds is 1. The van der Waals surface area contributed by atoms with Gasteiger partial charge in [0.1, 0.15) is 24.4 Å². The van der Waals surface area contributed by atoms with Crippen LogP contribution >= 0.6 is 0 Å². The summed E-state index contributed by atoms with van der Waals surface area (Å²) in [5, 5.41) is 19.5. The molecule has 0 unspecified atom stereocenters. The van der Waals surface area contributed by atoms with Gasteiger partial charge >= 0.3 is 0 Å². The first-order valence-electron chi connectivity index (χ1n) is 6.05. The molecule has 0 aliphatic carbocycles. The molecule has 0 bridgehead atoms. The molecule has 2 aliphatic rings. The zero-order chi connectivity index (χ0) is 12.5. The van der Waals surface area contributed by atoms with E-state index in [2.05, 4.69) is 0 Å². The quantitative estimate of drug-likeness (QED) is 0.748. The molecule has 1 aromatic carbocycles. The molecule has 0 aromatic heterocycles. The van der Waals surface area contributed by atoms with E-state index in [4.69, 9.17) is 14.2 Å². The first kappa shape index (κ1) is 12.1. The summed E-state index contributed by atoms with van der Waals surface area (Å²) in [6, 6.07) is 9.51. The molecule has 0 spiro atoms. The van der Waals surface area contributed by atoms with E-state index in [1.54, 1.807) is 0 Å². The van der Waals surface area contributed by atoms with Crippen LogP contribution in [0, 0.1) is 0 Å². The van der Waals surface area contributed by atoms with Crippen LogP contribution in [0.2, 0.25) is 0 Å². The lowest BCUT2D eigenvalue weighted by Gasteiger charge is -2.43. The van der Waals surface area contributed by atoms with Crippen molar-refractivity contribution in [3.05, 3.63) is 35.9 Å². The van der Waals surface area contributed by atoms with Crippen LogP contribution in [0.15, 0.2) is 30.3 Å². The summed E-state index contributed by atoms with van der Waals surface area (Å²) in [4.78, 5) is 0. The molecule has 98 valence electrons. The summed E-state index contributed by atoms with van der Waals surface area (Å²) in [5.74, 6) is 0. The van der Waals surface area contributed by atoms with Gasteiger partial charge < -0.3 is 24.4 Å². The van der Waals surface area contributed by atoms with Crippen LogP contribution in [0.4, 0.5) is 0 Å². The molecule has 0 amide bonds. The number of hydrogen-bond donors (Lipinski definition) is 2. The van der Waals surface area contributed by atoms with Crippen LogP contribution in [0.5, 0.6) is 0 Å². The van der Waals surface area contributed by atoms with Crippen molar-refractivity contribution in [1.29, 1.82) is 0 Å². The number of ether oxygens (including phenoxy) is 3. The fraction of sp³-hybridized carbons (Fsp3) is 0.538. The second-order valence-electron chi connectivity index (χ2n) is 4.61. The second-order valence-corrected chi connectivity index (χ2v) is 4.61. The van der Waals surface area contributed by atoms with Crippen LogP contribution < -0.4 is 0 Å². The van der Waals surface area contributed by atoms with Crippen LogP contribution in [-0.2, 0) is 14.2 Å². The van der Waals surface area contributed by atoms with Gasteiger partial charge in [-0.1, -0.05) is 30.3 Å². The fourth-order valence-electron chi connectivity index (χ4n) is 2.31. The molecule has 1 aromatic rings. The molecular weight excluding hydrogens is 236 g/mol. The molecule has 18 heavy (non-hydrogen) atoms. The maximum Gasteiger partial charge on any atom is 0.184 e. The standard InChI is InChI=1S/C13H16O5/c14-9-6-16-10-7-17-13(18-12(10)11(9)15)8-4-2-1-3-5-8/h1-5,9-15H,6-7H2/t9-,10-,11+,12-,13+/m1/s1. The van der Waals surface area contributed by atoms with Gasteiger partial charge in [0, 0.05) is 5.56 Å². The van der Waals surface area contributed by atoms with E-state index in [1.807, 2.05) is 30.3 Å². The molecule has 2 heterocycles. The first-order chi connectivity index (χ1) is 8.75. The summed E-state index contributed by atoms with van der Waals surface area (Å²) in [7, 11) is 0. The lowest BCUT2D eigenvalue weighted by molar-refractivity contribution is -0.314. The zero-order valence-electron chi connectivity index (χ0n) is 9.81. The van der Waals surface area contributed by atoms with Gasteiger partial charge in [-0.3, -0.25) is 0 Å². The Morgan fingerprint density at radius 3 is 2.56 bits per heavy atom. The molecule has 0 radical (unpaired) electrons. The lowest BCUT2D eigenvalue weighted by Crippen LogP contribution is -2.58. The van der Waals surface area contributed by atoms with Gasteiger partial charge in [0.05, 0.1) is 13.2 Å². The van der Waals surface area contributed by atoms with Crippen LogP contribution in [0.25, 0.3) is 0 Å². The molecular formula is C13H16O5. The predicted molar refractivity (Wildman–Crippen MR) is 61.8 cm³/mol. The Morgan fingerprint density at radius 1 is 1.00 bits per heavy atom. The van der Waals surface area contributed by atoms with E-state index in [0.717, 1.165) is 5.56 Å². The molecule has 3 rings (SSSR count). The Kier molecular flexibility index (Phi) is 3.32. The van der Waals surface area contributed by atoms with E-state index in [0.29, 0.717) is 6.61 Å². The Hall–Kier alpha value is -0.980. The Labute approximate surface area is 105 Å². The number of aliphatic hydroxyl groups excluding tert-OH is 2. The minimum atomic E-state index is -0.932. The lowest BCUT2D eigenvalue weighted by atomic mass is 9.99.